The molecule has 0 aromatic carbocycles. The van der Waals surface area contributed by atoms with Crippen LogP contribution in [0.3, 0.4) is 0 Å². The molecular formula is C14H29IN4O2. The number of likely N-dealkylation sites (tertiary alicyclic amines) is 1. The van der Waals surface area contributed by atoms with Crippen LogP contribution in [0.1, 0.15) is 20.3 Å². The molecule has 1 atom stereocenters. The smallest absolute Gasteiger partial charge is 0.243 e. The van der Waals surface area contributed by atoms with Gasteiger partial charge in [-0.1, -0.05) is 0 Å². The Balaban J connectivity index is 0.00000400. The number of nitrogens with zero attached hydrogens (tertiary/aromatic N) is 3. The van der Waals surface area contributed by atoms with Crippen LogP contribution in [0.5, 0.6) is 0 Å². The van der Waals surface area contributed by atoms with Crippen LogP contribution in [0.4, 0.5) is 0 Å². The van der Waals surface area contributed by atoms with Crippen molar-refractivity contribution >= 4 is 35.8 Å². The van der Waals surface area contributed by atoms with Crippen LogP contribution in [0.15, 0.2) is 4.99 Å². The minimum atomic E-state index is 0. The number of carbonyl (C=O) groups excluding carboxylic acids is 1. The summed E-state index contributed by atoms with van der Waals surface area (Å²) in [6, 6.07) is 0. The average molecular weight is 412 g/mol. The van der Waals surface area contributed by atoms with E-state index in [1.807, 2.05) is 13.8 Å². The van der Waals surface area contributed by atoms with Crippen molar-refractivity contribution in [2.75, 3.05) is 53.5 Å². The van der Waals surface area contributed by atoms with E-state index in [1.165, 1.54) is 0 Å². The number of rotatable bonds is 6. The SMILES string of the molecule is CCNC(=NCC(=O)N(C)C)N1CCC(COCC)C1.I. The van der Waals surface area contributed by atoms with E-state index in [9.17, 15) is 4.79 Å². The minimum Gasteiger partial charge on any atom is -0.381 e. The highest BCUT2D eigenvalue weighted by Gasteiger charge is 2.25. The molecule has 0 aromatic rings. The number of guanidine groups is 1. The Bertz CT molecular complexity index is 337. The molecule has 21 heavy (non-hydrogen) atoms. The fourth-order valence-electron chi connectivity index (χ4n) is 2.16. The molecule has 1 unspecified atom stereocenters. The summed E-state index contributed by atoms with van der Waals surface area (Å²) in [5, 5.41) is 3.26. The van der Waals surface area contributed by atoms with Gasteiger partial charge in [0.25, 0.3) is 0 Å². The fraction of sp³-hybridized carbons (Fsp3) is 0.857. The van der Waals surface area contributed by atoms with Gasteiger partial charge in [0, 0.05) is 46.3 Å². The number of hydrogen-bond donors (Lipinski definition) is 1. The lowest BCUT2D eigenvalue weighted by atomic mass is 10.1. The van der Waals surface area contributed by atoms with E-state index in [2.05, 4.69) is 15.2 Å². The third kappa shape index (κ3) is 7.30. The van der Waals surface area contributed by atoms with E-state index in [1.54, 1.807) is 19.0 Å². The van der Waals surface area contributed by atoms with E-state index >= 15 is 0 Å². The Hall–Kier alpha value is -0.570. The minimum absolute atomic E-state index is 0. The first-order valence-corrected chi connectivity index (χ1v) is 7.39. The van der Waals surface area contributed by atoms with E-state index in [-0.39, 0.29) is 36.4 Å². The molecule has 6 nitrogen and oxygen atoms in total. The summed E-state index contributed by atoms with van der Waals surface area (Å²) in [5.41, 5.74) is 0. The number of nitrogens with one attached hydrogen (secondary N) is 1. The van der Waals surface area contributed by atoms with Crippen molar-refractivity contribution in [1.82, 2.24) is 15.1 Å². The number of hydrogen-bond acceptors (Lipinski definition) is 3. The summed E-state index contributed by atoms with van der Waals surface area (Å²) in [4.78, 5) is 19.8. The van der Waals surface area contributed by atoms with Gasteiger partial charge in [-0.3, -0.25) is 4.79 Å². The molecule has 1 heterocycles. The monoisotopic (exact) mass is 412 g/mol. The number of carbonyl (C=O) groups is 1. The maximum Gasteiger partial charge on any atom is 0.243 e. The summed E-state index contributed by atoms with van der Waals surface area (Å²) >= 11 is 0. The highest BCUT2D eigenvalue weighted by atomic mass is 127. The number of amides is 1. The Kier molecular flexibility index (Phi) is 10.8. The van der Waals surface area contributed by atoms with Gasteiger partial charge in [-0.05, 0) is 20.3 Å². The quantitative estimate of drug-likeness (QED) is 0.402. The third-order valence-electron chi connectivity index (χ3n) is 3.34. The first-order valence-electron chi connectivity index (χ1n) is 7.39. The first kappa shape index (κ1) is 20.4. The predicted molar refractivity (Wildman–Crippen MR) is 96.3 cm³/mol. The molecule has 1 aliphatic rings. The Labute approximate surface area is 145 Å². The van der Waals surface area contributed by atoms with E-state index < -0.39 is 0 Å². The van der Waals surface area contributed by atoms with Crippen LogP contribution in [-0.2, 0) is 9.53 Å². The molecule has 1 amide bonds. The van der Waals surface area contributed by atoms with Crippen LogP contribution in [-0.4, -0.2) is 75.2 Å². The number of ether oxygens (including phenoxy) is 1. The van der Waals surface area contributed by atoms with E-state index in [0.29, 0.717) is 5.92 Å². The molecule has 1 aliphatic heterocycles. The molecule has 0 spiro atoms. The summed E-state index contributed by atoms with van der Waals surface area (Å²) in [6.45, 7) is 8.55. The van der Waals surface area contributed by atoms with Crippen molar-refractivity contribution in [3.8, 4) is 0 Å². The lowest BCUT2D eigenvalue weighted by Gasteiger charge is -2.22. The summed E-state index contributed by atoms with van der Waals surface area (Å²) in [6.07, 6.45) is 1.12. The van der Waals surface area contributed by atoms with Crippen molar-refractivity contribution < 1.29 is 9.53 Å². The van der Waals surface area contributed by atoms with Gasteiger partial charge >= 0.3 is 0 Å². The molecule has 7 heteroatoms. The van der Waals surface area contributed by atoms with Gasteiger partial charge in [0.1, 0.15) is 6.54 Å². The zero-order valence-electron chi connectivity index (χ0n) is 13.6. The lowest BCUT2D eigenvalue weighted by molar-refractivity contribution is -0.127. The fourth-order valence-corrected chi connectivity index (χ4v) is 2.16. The van der Waals surface area contributed by atoms with Gasteiger partial charge < -0.3 is 19.9 Å². The summed E-state index contributed by atoms with van der Waals surface area (Å²) in [5.74, 6) is 1.41. The van der Waals surface area contributed by atoms with Gasteiger partial charge in [0.05, 0.1) is 6.61 Å². The van der Waals surface area contributed by atoms with Crippen molar-refractivity contribution in [2.24, 2.45) is 10.9 Å². The summed E-state index contributed by atoms with van der Waals surface area (Å²) in [7, 11) is 3.50. The molecule has 1 N–H and O–H groups in total. The van der Waals surface area contributed by atoms with Gasteiger partial charge in [0.2, 0.25) is 5.91 Å². The topological polar surface area (TPSA) is 57.2 Å². The first-order chi connectivity index (χ1) is 9.58. The van der Waals surface area contributed by atoms with Gasteiger partial charge in [0.15, 0.2) is 5.96 Å². The largest absolute Gasteiger partial charge is 0.381 e. The maximum absolute atomic E-state index is 11.6. The molecule has 0 aliphatic carbocycles. The number of halogens is 1. The molecule has 0 radical (unpaired) electrons. The third-order valence-corrected chi connectivity index (χ3v) is 3.34. The molecule has 1 saturated heterocycles. The Morgan fingerprint density at radius 2 is 2.14 bits per heavy atom. The highest BCUT2D eigenvalue weighted by molar-refractivity contribution is 14.0. The lowest BCUT2D eigenvalue weighted by Crippen LogP contribution is -2.41. The second kappa shape index (κ2) is 11.1. The Morgan fingerprint density at radius 3 is 2.71 bits per heavy atom. The molecule has 0 bridgehead atoms. The van der Waals surface area contributed by atoms with Gasteiger partial charge in [-0.15, -0.1) is 24.0 Å². The number of likely N-dealkylation sites (N-methyl/N-ethyl adjacent to an activating group) is 1. The van der Waals surface area contributed by atoms with Crippen LogP contribution >= 0.6 is 24.0 Å². The van der Waals surface area contributed by atoms with Crippen molar-refractivity contribution in [3.05, 3.63) is 0 Å². The summed E-state index contributed by atoms with van der Waals surface area (Å²) < 4.78 is 5.49. The van der Waals surface area contributed by atoms with Crippen molar-refractivity contribution in [2.45, 2.75) is 20.3 Å². The standard InChI is InChI=1S/C14H28N4O2.HI/c1-5-15-14(16-9-13(19)17(3)4)18-8-7-12(10-18)11-20-6-2;/h12H,5-11H2,1-4H3,(H,15,16);1H. The zero-order valence-corrected chi connectivity index (χ0v) is 15.9. The molecule has 1 fully saturated rings. The molecule has 1 rings (SSSR count). The number of aliphatic imine (C=N–C) groups is 1. The second-order valence-electron chi connectivity index (χ2n) is 5.22. The average Bonchev–Trinajstić information content (AvgIpc) is 2.89. The van der Waals surface area contributed by atoms with Crippen LogP contribution < -0.4 is 5.32 Å². The predicted octanol–water partition coefficient (Wildman–Crippen LogP) is 1.02. The van der Waals surface area contributed by atoms with Crippen LogP contribution in [0.25, 0.3) is 0 Å². The highest BCUT2D eigenvalue weighted by Crippen LogP contribution is 2.16. The second-order valence-corrected chi connectivity index (χ2v) is 5.22. The normalized spacial score (nSPS) is 18.4. The maximum atomic E-state index is 11.6. The van der Waals surface area contributed by atoms with Crippen molar-refractivity contribution in [3.63, 3.8) is 0 Å². The van der Waals surface area contributed by atoms with E-state index in [0.717, 1.165) is 45.2 Å². The van der Waals surface area contributed by atoms with Gasteiger partial charge in [-0.25, -0.2) is 4.99 Å². The van der Waals surface area contributed by atoms with Crippen LogP contribution in [0.2, 0.25) is 0 Å². The molecule has 0 aromatic heterocycles. The molecule has 124 valence electrons. The zero-order chi connectivity index (χ0) is 15.0. The van der Waals surface area contributed by atoms with Crippen molar-refractivity contribution in [1.29, 1.82) is 0 Å². The van der Waals surface area contributed by atoms with Crippen LogP contribution in [0, 0.1) is 5.92 Å². The van der Waals surface area contributed by atoms with Gasteiger partial charge in [-0.2, -0.15) is 0 Å². The Morgan fingerprint density at radius 1 is 1.43 bits per heavy atom. The van der Waals surface area contributed by atoms with E-state index in [4.69, 9.17) is 4.74 Å². The molecule has 0 saturated carbocycles. The molecular weight excluding hydrogens is 383 g/mol.